The molecule has 2 N–H and O–H groups in total. The van der Waals surface area contributed by atoms with Gasteiger partial charge >= 0.3 is 4.87 Å². The minimum atomic E-state index is -0.111. The second kappa shape index (κ2) is 8.08. The second-order valence-electron chi connectivity index (χ2n) is 5.67. The van der Waals surface area contributed by atoms with Gasteiger partial charge in [0.25, 0.3) is 0 Å². The topological polar surface area (TPSA) is 65.2 Å². The highest BCUT2D eigenvalue weighted by molar-refractivity contribution is 7.09. The lowest BCUT2D eigenvalue weighted by Gasteiger charge is -2.16. The van der Waals surface area contributed by atoms with E-state index in [-0.39, 0.29) is 10.8 Å². The highest BCUT2D eigenvalue weighted by Crippen LogP contribution is 2.26. The van der Waals surface area contributed by atoms with Crippen molar-refractivity contribution < 1.29 is 4.79 Å². The summed E-state index contributed by atoms with van der Waals surface area (Å²) in [7, 11) is 2.07. The van der Waals surface area contributed by atoms with Gasteiger partial charge in [-0.15, -0.1) is 0 Å². The predicted molar refractivity (Wildman–Crippen MR) is 95.9 cm³/mol. The standard InChI is InChI=1S/C17H23N3O2S/c1-4-5-9-20(3)11-15-16(19-17(22)23-15)13-7-6-8-14(10-13)18-12(2)21/h6-8,10H,4-5,9,11H2,1-3H3,(H,18,21)(H,19,22). The molecule has 2 rings (SSSR count). The van der Waals surface area contributed by atoms with E-state index < -0.39 is 0 Å². The first kappa shape index (κ1) is 17.4. The van der Waals surface area contributed by atoms with Crippen molar-refractivity contribution in [1.29, 1.82) is 0 Å². The Balaban J connectivity index is 2.26. The summed E-state index contributed by atoms with van der Waals surface area (Å²) in [5.74, 6) is -0.111. The van der Waals surface area contributed by atoms with Crippen LogP contribution >= 0.6 is 11.3 Å². The molecular weight excluding hydrogens is 310 g/mol. The number of carbonyl (C=O) groups excluding carboxylic acids is 1. The third-order valence-corrected chi connectivity index (χ3v) is 4.37. The number of aromatic amines is 1. The third-order valence-electron chi connectivity index (χ3n) is 3.50. The molecule has 0 aliphatic carbocycles. The Morgan fingerprint density at radius 1 is 1.39 bits per heavy atom. The predicted octanol–water partition coefficient (Wildman–Crippen LogP) is 3.29. The molecular formula is C17H23N3O2S. The van der Waals surface area contributed by atoms with E-state index in [0.717, 1.165) is 47.8 Å². The second-order valence-corrected chi connectivity index (χ2v) is 6.73. The van der Waals surface area contributed by atoms with Crippen molar-refractivity contribution in [2.24, 2.45) is 0 Å². The first-order valence-corrected chi connectivity index (χ1v) is 8.59. The van der Waals surface area contributed by atoms with Crippen LogP contribution in [0.2, 0.25) is 0 Å². The van der Waals surface area contributed by atoms with Gasteiger partial charge in [0.05, 0.1) is 5.69 Å². The van der Waals surface area contributed by atoms with Gasteiger partial charge in [-0.05, 0) is 32.1 Å². The average Bonchev–Trinajstić information content (AvgIpc) is 2.85. The van der Waals surface area contributed by atoms with Gasteiger partial charge in [-0.1, -0.05) is 36.8 Å². The quantitative estimate of drug-likeness (QED) is 0.817. The summed E-state index contributed by atoms with van der Waals surface area (Å²) in [4.78, 5) is 29.1. The Labute approximate surface area is 140 Å². The van der Waals surface area contributed by atoms with E-state index in [1.54, 1.807) is 0 Å². The Morgan fingerprint density at radius 3 is 2.87 bits per heavy atom. The summed E-state index contributed by atoms with van der Waals surface area (Å²) in [6.07, 6.45) is 2.29. The molecule has 0 aliphatic heterocycles. The van der Waals surface area contributed by atoms with Gasteiger partial charge in [0, 0.05) is 29.6 Å². The van der Waals surface area contributed by atoms with Crippen molar-refractivity contribution in [1.82, 2.24) is 9.88 Å². The van der Waals surface area contributed by atoms with Gasteiger partial charge in [-0.2, -0.15) is 0 Å². The first-order valence-electron chi connectivity index (χ1n) is 7.78. The number of aromatic nitrogens is 1. The molecule has 0 bridgehead atoms. The van der Waals surface area contributed by atoms with E-state index in [0.29, 0.717) is 0 Å². The van der Waals surface area contributed by atoms with Gasteiger partial charge < -0.3 is 15.2 Å². The number of carbonyl (C=O) groups is 1. The Kier molecular flexibility index (Phi) is 6.12. The summed E-state index contributed by atoms with van der Waals surface area (Å²) in [5.41, 5.74) is 2.48. The monoisotopic (exact) mass is 333 g/mol. The molecule has 2 aromatic rings. The number of amides is 1. The number of rotatable bonds is 7. The van der Waals surface area contributed by atoms with Crippen molar-refractivity contribution in [3.63, 3.8) is 0 Å². The van der Waals surface area contributed by atoms with Crippen LogP contribution in [0.15, 0.2) is 29.1 Å². The molecule has 5 nitrogen and oxygen atoms in total. The fourth-order valence-electron chi connectivity index (χ4n) is 2.41. The molecule has 6 heteroatoms. The van der Waals surface area contributed by atoms with Crippen LogP contribution in [0.3, 0.4) is 0 Å². The molecule has 1 aromatic carbocycles. The average molecular weight is 333 g/mol. The number of hydrogen-bond donors (Lipinski definition) is 2. The fourth-order valence-corrected chi connectivity index (χ4v) is 3.35. The van der Waals surface area contributed by atoms with Gasteiger partial charge in [0.1, 0.15) is 0 Å². The molecule has 0 saturated carbocycles. The molecule has 0 fully saturated rings. The number of H-pyrrole nitrogens is 1. The number of thiazole rings is 1. The molecule has 0 atom stereocenters. The van der Waals surface area contributed by atoms with Crippen molar-refractivity contribution in [3.8, 4) is 11.3 Å². The third kappa shape index (κ3) is 5.04. The van der Waals surface area contributed by atoms with E-state index >= 15 is 0 Å². The zero-order valence-corrected chi connectivity index (χ0v) is 14.6. The van der Waals surface area contributed by atoms with Crippen molar-refractivity contribution >= 4 is 22.9 Å². The van der Waals surface area contributed by atoms with E-state index in [1.807, 2.05) is 24.3 Å². The number of anilines is 1. The van der Waals surface area contributed by atoms with Crippen LogP contribution in [0.1, 0.15) is 31.6 Å². The van der Waals surface area contributed by atoms with Crippen LogP contribution in [0.4, 0.5) is 5.69 Å². The van der Waals surface area contributed by atoms with E-state index in [9.17, 15) is 9.59 Å². The minimum Gasteiger partial charge on any atom is -0.326 e. The Hall–Kier alpha value is -1.92. The zero-order chi connectivity index (χ0) is 16.8. The minimum absolute atomic E-state index is 0.0520. The fraction of sp³-hybridized carbons (Fsp3) is 0.412. The molecule has 0 saturated heterocycles. The maximum absolute atomic E-state index is 11.8. The first-order chi connectivity index (χ1) is 11.0. The number of hydrogen-bond acceptors (Lipinski definition) is 4. The van der Waals surface area contributed by atoms with Gasteiger partial charge in [-0.25, -0.2) is 0 Å². The summed E-state index contributed by atoms with van der Waals surface area (Å²) in [6.45, 7) is 5.39. The van der Waals surface area contributed by atoms with Crippen molar-refractivity contribution in [2.75, 3.05) is 18.9 Å². The van der Waals surface area contributed by atoms with Crippen LogP contribution < -0.4 is 10.2 Å². The van der Waals surface area contributed by atoms with Crippen LogP contribution in [-0.4, -0.2) is 29.4 Å². The lowest BCUT2D eigenvalue weighted by atomic mass is 10.1. The van der Waals surface area contributed by atoms with Gasteiger partial charge in [0.2, 0.25) is 5.91 Å². The molecule has 0 spiro atoms. The SMILES string of the molecule is CCCCN(C)Cc1sc(=O)[nH]c1-c1cccc(NC(C)=O)c1. The molecule has 1 amide bonds. The van der Waals surface area contributed by atoms with Crippen LogP contribution in [0.25, 0.3) is 11.3 Å². The number of unbranched alkanes of at least 4 members (excludes halogenated alkanes) is 1. The van der Waals surface area contributed by atoms with E-state index in [1.165, 1.54) is 18.3 Å². The van der Waals surface area contributed by atoms with Crippen LogP contribution in [-0.2, 0) is 11.3 Å². The lowest BCUT2D eigenvalue weighted by molar-refractivity contribution is -0.114. The molecule has 0 aliphatic rings. The molecule has 23 heavy (non-hydrogen) atoms. The normalized spacial score (nSPS) is 11.0. The Bertz CT molecular complexity index is 721. The van der Waals surface area contributed by atoms with Gasteiger partial charge in [0.15, 0.2) is 0 Å². The number of benzene rings is 1. The van der Waals surface area contributed by atoms with Crippen molar-refractivity contribution in [3.05, 3.63) is 38.8 Å². The number of nitrogens with zero attached hydrogens (tertiary/aromatic N) is 1. The van der Waals surface area contributed by atoms with E-state index in [2.05, 4.69) is 29.2 Å². The molecule has 1 heterocycles. The largest absolute Gasteiger partial charge is 0.326 e. The maximum Gasteiger partial charge on any atom is 0.305 e. The summed E-state index contributed by atoms with van der Waals surface area (Å²) in [5, 5.41) is 2.77. The van der Waals surface area contributed by atoms with Crippen molar-refractivity contribution in [2.45, 2.75) is 33.2 Å². The molecule has 0 radical (unpaired) electrons. The molecule has 124 valence electrons. The highest BCUT2D eigenvalue weighted by Gasteiger charge is 2.13. The molecule has 1 aromatic heterocycles. The van der Waals surface area contributed by atoms with Crippen LogP contribution in [0, 0.1) is 0 Å². The summed E-state index contributed by atoms with van der Waals surface area (Å²) < 4.78 is 0. The summed E-state index contributed by atoms with van der Waals surface area (Å²) >= 11 is 1.25. The zero-order valence-electron chi connectivity index (χ0n) is 13.8. The van der Waals surface area contributed by atoms with E-state index in [4.69, 9.17) is 0 Å². The smallest absolute Gasteiger partial charge is 0.305 e. The van der Waals surface area contributed by atoms with Gasteiger partial charge in [-0.3, -0.25) is 9.59 Å². The molecule has 0 unspecified atom stereocenters. The van der Waals surface area contributed by atoms with Crippen LogP contribution in [0.5, 0.6) is 0 Å². The Morgan fingerprint density at radius 2 is 2.17 bits per heavy atom. The maximum atomic E-state index is 11.8. The summed E-state index contributed by atoms with van der Waals surface area (Å²) in [6, 6.07) is 7.54. The highest BCUT2D eigenvalue weighted by atomic mass is 32.1. The lowest BCUT2D eigenvalue weighted by Crippen LogP contribution is -2.18. The number of nitrogens with one attached hydrogen (secondary N) is 2.